The van der Waals surface area contributed by atoms with Gasteiger partial charge in [-0.2, -0.15) is 13.2 Å². The fourth-order valence-electron chi connectivity index (χ4n) is 2.08. The van der Waals surface area contributed by atoms with Gasteiger partial charge in [0.15, 0.2) is 0 Å². The summed E-state index contributed by atoms with van der Waals surface area (Å²) >= 11 is 0. The molecule has 98 valence electrons. The predicted molar refractivity (Wildman–Crippen MR) is 66.7 cm³/mol. The number of halogens is 3. The molecule has 0 amide bonds. The molecule has 0 unspecified atom stereocenters. The third kappa shape index (κ3) is 2.11. The van der Waals surface area contributed by atoms with Crippen molar-refractivity contribution in [2.45, 2.75) is 39.3 Å². The Morgan fingerprint density at radius 2 is 1.67 bits per heavy atom. The molecule has 0 fully saturated rings. The van der Waals surface area contributed by atoms with E-state index in [1.54, 1.807) is 6.07 Å². The van der Waals surface area contributed by atoms with Crippen LogP contribution in [0.15, 0.2) is 18.2 Å². The van der Waals surface area contributed by atoms with Crippen LogP contribution in [0, 0.1) is 6.92 Å². The van der Waals surface area contributed by atoms with E-state index in [-0.39, 0.29) is 11.0 Å². The number of hydrogen-bond acceptors (Lipinski definition) is 0. The molecule has 1 aromatic carbocycles. The zero-order chi connectivity index (χ0) is 13.7. The molecule has 18 heavy (non-hydrogen) atoms. The maximum absolute atomic E-state index is 12.8. The van der Waals surface area contributed by atoms with Crippen LogP contribution in [-0.2, 0) is 11.6 Å². The molecule has 1 heterocycles. The standard InChI is InChI=1S/C14H16F3N/c1-8-10-7-9(13(2,3)4)5-6-11(10)18-12(8)14(15,16)17/h5-7,18H,1-4H3. The SMILES string of the molecule is Cc1c(C(F)(F)F)[nH]c2ccc(C(C)(C)C)cc12. The highest BCUT2D eigenvalue weighted by molar-refractivity contribution is 5.85. The first-order valence-electron chi connectivity index (χ1n) is 5.80. The monoisotopic (exact) mass is 255 g/mol. The fraction of sp³-hybridized carbons (Fsp3) is 0.429. The molecule has 1 aromatic heterocycles. The summed E-state index contributed by atoms with van der Waals surface area (Å²) in [7, 11) is 0. The summed E-state index contributed by atoms with van der Waals surface area (Å²) in [6, 6.07) is 5.44. The van der Waals surface area contributed by atoms with Gasteiger partial charge in [0.2, 0.25) is 0 Å². The molecule has 0 radical (unpaired) electrons. The Hall–Kier alpha value is -1.45. The van der Waals surface area contributed by atoms with Gasteiger partial charge in [-0.25, -0.2) is 0 Å². The van der Waals surface area contributed by atoms with E-state index in [4.69, 9.17) is 0 Å². The number of H-pyrrole nitrogens is 1. The predicted octanol–water partition coefficient (Wildman–Crippen LogP) is 4.79. The molecule has 0 bridgehead atoms. The first-order chi connectivity index (χ1) is 8.10. The molecule has 0 aliphatic carbocycles. The van der Waals surface area contributed by atoms with Gasteiger partial charge < -0.3 is 4.98 Å². The van der Waals surface area contributed by atoms with E-state index in [1.165, 1.54) is 6.92 Å². The van der Waals surface area contributed by atoms with Crippen molar-refractivity contribution in [2.24, 2.45) is 0 Å². The quantitative estimate of drug-likeness (QED) is 0.696. The van der Waals surface area contributed by atoms with E-state index in [0.29, 0.717) is 10.9 Å². The van der Waals surface area contributed by atoms with Crippen LogP contribution < -0.4 is 0 Å². The highest BCUT2D eigenvalue weighted by atomic mass is 19.4. The first-order valence-corrected chi connectivity index (χ1v) is 5.80. The summed E-state index contributed by atoms with van der Waals surface area (Å²) in [6.07, 6.45) is -4.33. The van der Waals surface area contributed by atoms with Gasteiger partial charge >= 0.3 is 6.18 Å². The molecule has 4 heteroatoms. The number of rotatable bonds is 0. The Bertz CT molecular complexity index is 585. The third-order valence-electron chi connectivity index (χ3n) is 3.21. The van der Waals surface area contributed by atoms with E-state index in [0.717, 1.165) is 5.56 Å². The van der Waals surface area contributed by atoms with Crippen molar-refractivity contribution >= 4 is 10.9 Å². The number of aryl methyl sites for hydroxylation is 1. The van der Waals surface area contributed by atoms with E-state index in [9.17, 15) is 13.2 Å². The molecule has 0 aliphatic rings. The van der Waals surface area contributed by atoms with Crippen LogP contribution in [0.5, 0.6) is 0 Å². The maximum atomic E-state index is 12.8. The molecule has 0 spiro atoms. The lowest BCUT2D eigenvalue weighted by Crippen LogP contribution is -2.10. The minimum absolute atomic E-state index is 0.0731. The van der Waals surface area contributed by atoms with Crippen molar-refractivity contribution in [1.82, 2.24) is 4.98 Å². The number of aromatic amines is 1. The van der Waals surface area contributed by atoms with Crippen LogP contribution in [0.1, 0.15) is 37.6 Å². The molecule has 0 aliphatic heterocycles. The molecular weight excluding hydrogens is 239 g/mol. The minimum atomic E-state index is -4.33. The van der Waals surface area contributed by atoms with Crippen molar-refractivity contribution < 1.29 is 13.2 Å². The van der Waals surface area contributed by atoms with Gasteiger partial charge in [0.05, 0.1) is 0 Å². The molecule has 2 aromatic rings. The Morgan fingerprint density at radius 1 is 1.06 bits per heavy atom. The van der Waals surface area contributed by atoms with E-state index >= 15 is 0 Å². The highest BCUT2D eigenvalue weighted by Crippen LogP contribution is 2.36. The van der Waals surface area contributed by atoms with E-state index in [2.05, 4.69) is 4.98 Å². The Morgan fingerprint density at radius 3 is 2.17 bits per heavy atom. The normalized spacial score (nSPS) is 13.3. The fourth-order valence-corrected chi connectivity index (χ4v) is 2.08. The Labute approximate surface area is 104 Å². The van der Waals surface area contributed by atoms with Crippen molar-refractivity contribution in [3.63, 3.8) is 0 Å². The largest absolute Gasteiger partial charge is 0.431 e. The summed E-state index contributed by atoms with van der Waals surface area (Å²) in [5.41, 5.74) is 1.11. The van der Waals surface area contributed by atoms with Crippen LogP contribution in [0.2, 0.25) is 0 Å². The highest BCUT2D eigenvalue weighted by Gasteiger charge is 2.35. The van der Waals surface area contributed by atoms with E-state index in [1.807, 2.05) is 32.9 Å². The van der Waals surface area contributed by atoms with Crippen LogP contribution >= 0.6 is 0 Å². The van der Waals surface area contributed by atoms with Crippen LogP contribution in [0.3, 0.4) is 0 Å². The summed E-state index contributed by atoms with van der Waals surface area (Å²) in [6.45, 7) is 7.64. The van der Waals surface area contributed by atoms with Gasteiger partial charge in [0.1, 0.15) is 5.69 Å². The summed E-state index contributed by atoms with van der Waals surface area (Å²) in [5, 5.41) is 0.648. The maximum Gasteiger partial charge on any atom is 0.431 e. The molecule has 1 nitrogen and oxygen atoms in total. The van der Waals surface area contributed by atoms with Crippen molar-refractivity contribution in [1.29, 1.82) is 0 Å². The molecule has 2 rings (SSSR count). The lowest BCUT2D eigenvalue weighted by Gasteiger charge is -2.18. The lowest BCUT2D eigenvalue weighted by atomic mass is 9.86. The second kappa shape index (κ2) is 3.77. The molecular formula is C14H16F3N. The number of benzene rings is 1. The second-order valence-electron chi connectivity index (χ2n) is 5.63. The molecule has 0 atom stereocenters. The van der Waals surface area contributed by atoms with Crippen molar-refractivity contribution in [3.8, 4) is 0 Å². The zero-order valence-corrected chi connectivity index (χ0v) is 10.9. The molecule has 1 N–H and O–H groups in total. The first kappa shape index (κ1) is 13.0. The number of aromatic nitrogens is 1. The second-order valence-corrected chi connectivity index (χ2v) is 5.63. The van der Waals surface area contributed by atoms with Gasteiger partial charge in [-0.05, 0) is 35.6 Å². The van der Waals surface area contributed by atoms with Gasteiger partial charge in [0, 0.05) is 10.9 Å². The number of nitrogens with one attached hydrogen (secondary N) is 1. The summed E-state index contributed by atoms with van der Waals surface area (Å²) in [4.78, 5) is 2.46. The third-order valence-corrected chi connectivity index (χ3v) is 3.21. The minimum Gasteiger partial charge on any atom is -0.351 e. The molecule has 0 saturated heterocycles. The molecule has 0 saturated carbocycles. The van der Waals surface area contributed by atoms with Gasteiger partial charge in [-0.3, -0.25) is 0 Å². The van der Waals surface area contributed by atoms with Gasteiger partial charge in [-0.15, -0.1) is 0 Å². The average molecular weight is 255 g/mol. The topological polar surface area (TPSA) is 15.8 Å². The van der Waals surface area contributed by atoms with Gasteiger partial charge in [0.25, 0.3) is 0 Å². The van der Waals surface area contributed by atoms with Crippen molar-refractivity contribution in [3.05, 3.63) is 35.0 Å². The summed E-state index contributed by atoms with van der Waals surface area (Å²) in [5.74, 6) is 0. The van der Waals surface area contributed by atoms with Crippen LogP contribution in [0.25, 0.3) is 10.9 Å². The summed E-state index contributed by atoms with van der Waals surface area (Å²) < 4.78 is 38.4. The van der Waals surface area contributed by atoms with Crippen molar-refractivity contribution in [2.75, 3.05) is 0 Å². The van der Waals surface area contributed by atoms with Crippen LogP contribution in [-0.4, -0.2) is 4.98 Å². The lowest BCUT2D eigenvalue weighted by molar-refractivity contribution is -0.141. The van der Waals surface area contributed by atoms with Gasteiger partial charge in [-0.1, -0.05) is 26.8 Å². The zero-order valence-electron chi connectivity index (χ0n) is 10.9. The van der Waals surface area contributed by atoms with E-state index < -0.39 is 11.9 Å². The number of hydrogen-bond donors (Lipinski definition) is 1. The number of alkyl halides is 3. The Kier molecular flexibility index (Phi) is 2.72. The Balaban J connectivity index is 2.68. The smallest absolute Gasteiger partial charge is 0.351 e. The number of fused-ring (bicyclic) bond motifs is 1. The average Bonchev–Trinajstić information content (AvgIpc) is 2.54. The van der Waals surface area contributed by atoms with Crippen LogP contribution in [0.4, 0.5) is 13.2 Å².